The number of halogens is 1. The van der Waals surface area contributed by atoms with Crippen molar-refractivity contribution in [1.29, 1.82) is 0 Å². The van der Waals surface area contributed by atoms with Crippen LogP contribution in [0.5, 0.6) is 5.75 Å². The monoisotopic (exact) mass is 470 g/mol. The summed E-state index contributed by atoms with van der Waals surface area (Å²) in [5, 5.41) is 3.70. The summed E-state index contributed by atoms with van der Waals surface area (Å²) in [6.45, 7) is 8.36. The van der Waals surface area contributed by atoms with E-state index >= 15 is 0 Å². The SMILES string of the molecule is C[C@@H](C(=O)NC1CCCC1)N(Cc1cccc(Cl)c1)C(=O)COc1ccc(C(C)(C)C)cc1. The lowest BCUT2D eigenvalue weighted by molar-refractivity contribution is -0.142. The molecule has 0 heterocycles. The molecule has 5 nitrogen and oxygen atoms in total. The molecule has 2 aromatic carbocycles. The molecule has 178 valence electrons. The lowest BCUT2D eigenvalue weighted by Gasteiger charge is -2.29. The van der Waals surface area contributed by atoms with Crippen LogP contribution in [0.3, 0.4) is 0 Å². The van der Waals surface area contributed by atoms with Crippen molar-refractivity contribution in [1.82, 2.24) is 10.2 Å². The van der Waals surface area contributed by atoms with Gasteiger partial charge in [0.2, 0.25) is 5.91 Å². The Morgan fingerprint density at radius 1 is 1.12 bits per heavy atom. The fourth-order valence-corrected chi connectivity index (χ4v) is 4.30. The maximum Gasteiger partial charge on any atom is 0.261 e. The van der Waals surface area contributed by atoms with Gasteiger partial charge in [-0.05, 0) is 60.6 Å². The smallest absolute Gasteiger partial charge is 0.261 e. The summed E-state index contributed by atoms with van der Waals surface area (Å²) >= 11 is 6.14. The van der Waals surface area contributed by atoms with Crippen molar-refractivity contribution < 1.29 is 14.3 Å². The van der Waals surface area contributed by atoms with E-state index in [0.717, 1.165) is 31.2 Å². The number of nitrogens with one attached hydrogen (secondary N) is 1. The Hall–Kier alpha value is -2.53. The van der Waals surface area contributed by atoms with E-state index in [1.54, 1.807) is 17.9 Å². The standard InChI is InChI=1S/C27H35ClN2O3/c1-19(26(32)29-23-10-5-6-11-23)30(17-20-8-7-9-22(28)16-20)25(31)18-33-24-14-12-21(13-15-24)27(2,3)4/h7-9,12-16,19,23H,5-6,10-11,17-18H2,1-4H3,(H,29,32)/t19-/m0/s1. The Balaban J connectivity index is 1.70. The van der Waals surface area contributed by atoms with Crippen LogP contribution in [-0.4, -0.2) is 35.4 Å². The van der Waals surface area contributed by atoms with Crippen molar-refractivity contribution in [2.24, 2.45) is 0 Å². The topological polar surface area (TPSA) is 58.6 Å². The highest BCUT2D eigenvalue weighted by molar-refractivity contribution is 6.30. The number of rotatable bonds is 8. The van der Waals surface area contributed by atoms with Crippen LogP contribution in [0, 0.1) is 0 Å². The van der Waals surface area contributed by atoms with Crippen LogP contribution < -0.4 is 10.1 Å². The summed E-state index contributed by atoms with van der Waals surface area (Å²) < 4.78 is 5.79. The number of nitrogens with zero attached hydrogens (tertiary/aromatic N) is 1. The van der Waals surface area contributed by atoms with E-state index in [1.807, 2.05) is 42.5 Å². The highest BCUT2D eigenvalue weighted by Gasteiger charge is 2.28. The fraction of sp³-hybridized carbons (Fsp3) is 0.481. The normalized spacial score (nSPS) is 15.2. The van der Waals surface area contributed by atoms with E-state index in [2.05, 4.69) is 26.1 Å². The summed E-state index contributed by atoms with van der Waals surface area (Å²) in [5.41, 5.74) is 2.11. The first-order valence-corrected chi connectivity index (χ1v) is 12.1. The number of benzene rings is 2. The van der Waals surface area contributed by atoms with Crippen LogP contribution in [0.25, 0.3) is 0 Å². The van der Waals surface area contributed by atoms with Crippen LogP contribution in [0.15, 0.2) is 48.5 Å². The van der Waals surface area contributed by atoms with E-state index in [0.29, 0.717) is 10.8 Å². The molecule has 0 bridgehead atoms. The van der Waals surface area contributed by atoms with E-state index in [1.165, 1.54) is 5.56 Å². The molecule has 33 heavy (non-hydrogen) atoms. The van der Waals surface area contributed by atoms with Gasteiger partial charge in [-0.3, -0.25) is 9.59 Å². The molecule has 1 saturated carbocycles. The maximum absolute atomic E-state index is 13.2. The molecule has 1 atom stereocenters. The van der Waals surface area contributed by atoms with Crippen LogP contribution in [-0.2, 0) is 21.5 Å². The summed E-state index contributed by atoms with van der Waals surface area (Å²) in [4.78, 5) is 27.7. The molecule has 1 N–H and O–H groups in total. The quantitative estimate of drug-likeness (QED) is 0.554. The van der Waals surface area contributed by atoms with Gasteiger partial charge in [-0.15, -0.1) is 0 Å². The van der Waals surface area contributed by atoms with E-state index in [9.17, 15) is 9.59 Å². The van der Waals surface area contributed by atoms with Crippen molar-refractivity contribution in [3.8, 4) is 5.75 Å². The lowest BCUT2D eigenvalue weighted by Crippen LogP contribution is -2.50. The summed E-state index contributed by atoms with van der Waals surface area (Å²) in [6.07, 6.45) is 4.25. The maximum atomic E-state index is 13.2. The van der Waals surface area contributed by atoms with Gasteiger partial charge < -0.3 is 15.0 Å². The molecule has 3 rings (SSSR count). The number of amides is 2. The molecule has 1 aliphatic carbocycles. The number of carbonyl (C=O) groups is 2. The Kier molecular flexibility index (Phi) is 8.41. The van der Waals surface area contributed by atoms with Crippen molar-refractivity contribution in [2.45, 2.75) is 77.4 Å². The molecule has 1 aliphatic rings. The van der Waals surface area contributed by atoms with Gasteiger partial charge in [0.1, 0.15) is 11.8 Å². The zero-order chi connectivity index (χ0) is 24.0. The molecule has 0 unspecified atom stereocenters. The zero-order valence-electron chi connectivity index (χ0n) is 20.1. The summed E-state index contributed by atoms with van der Waals surface area (Å²) in [6, 6.07) is 14.7. The van der Waals surface area contributed by atoms with Crippen LogP contribution in [0.4, 0.5) is 0 Å². The van der Waals surface area contributed by atoms with Gasteiger partial charge in [-0.25, -0.2) is 0 Å². The third kappa shape index (κ3) is 7.23. The first-order chi connectivity index (χ1) is 15.6. The summed E-state index contributed by atoms with van der Waals surface area (Å²) in [7, 11) is 0. The second kappa shape index (κ2) is 11.1. The van der Waals surface area contributed by atoms with Gasteiger partial charge >= 0.3 is 0 Å². The van der Waals surface area contributed by atoms with Crippen molar-refractivity contribution in [3.63, 3.8) is 0 Å². The number of ether oxygens (including phenoxy) is 1. The second-order valence-electron chi connectivity index (χ2n) is 9.88. The van der Waals surface area contributed by atoms with Crippen molar-refractivity contribution >= 4 is 23.4 Å². The van der Waals surface area contributed by atoms with Crippen LogP contribution in [0.2, 0.25) is 5.02 Å². The van der Waals surface area contributed by atoms with Gasteiger partial charge in [0.15, 0.2) is 6.61 Å². The van der Waals surface area contributed by atoms with E-state index < -0.39 is 6.04 Å². The average molecular weight is 471 g/mol. The molecule has 2 amide bonds. The average Bonchev–Trinajstić information content (AvgIpc) is 3.28. The molecule has 1 fully saturated rings. The molecular formula is C27H35ClN2O3. The third-order valence-electron chi connectivity index (χ3n) is 6.19. The third-order valence-corrected chi connectivity index (χ3v) is 6.43. The Labute approximate surface area is 202 Å². The first kappa shape index (κ1) is 25.1. The molecule has 0 saturated heterocycles. The van der Waals surface area contributed by atoms with E-state index in [4.69, 9.17) is 16.3 Å². The number of hydrogen-bond donors (Lipinski definition) is 1. The van der Waals surface area contributed by atoms with E-state index in [-0.39, 0.29) is 36.4 Å². The van der Waals surface area contributed by atoms with Gasteiger partial charge in [0.25, 0.3) is 5.91 Å². The van der Waals surface area contributed by atoms with Gasteiger partial charge in [0, 0.05) is 17.6 Å². The van der Waals surface area contributed by atoms with Gasteiger partial charge in [-0.2, -0.15) is 0 Å². The number of carbonyl (C=O) groups excluding carboxylic acids is 2. The minimum absolute atomic E-state index is 0.0459. The minimum Gasteiger partial charge on any atom is -0.484 e. The Morgan fingerprint density at radius 2 is 1.79 bits per heavy atom. The molecular weight excluding hydrogens is 436 g/mol. The largest absolute Gasteiger partial charge is 0.484 e. The van der Waals surface area contributed by atoms with Crippen LogP contribution >= 0.6 is 11.6 Å². The Morgan fingerprint density at radius 3 is 2.39 bits per heavy atom. The predicted molar refractivity (Wildman–Crippen MR) is 132 cm³/mol. The Bertz CT molecular complexity index is 947. The molecule has 0 aliphatic heterocycles. The molecule has 0 aromatic heterocycles. The lowest BCUT2D eigenvalue weighted by atomic mass is 9.87. The minimum atomic E-state index is -0.621. The number of hydrogen-bond acceptors (Lipinski definition) is 3. The summed E-state index contributed by atoms with van der Waals surface area (Å²) in [5.74, 6) is 0.248. The highest BCUT2D eigenvalue weighted by Crippen LogP contribution is 2.24. The molecule has 6 heteroatoms. The van der Waals surface area contributed by atoms with Crippen molar-refractivity contribution in [2.75, 3.05) is 6.61 Å². The van der Waals surface area contributed by atoms with Gasteiger partial charge in [0.05, 0.1) is 0 Å². The second-order valence-corrected chi connectivity index (χ2v) is 10.3. The molecule has 0 spiro atoms. The van der Waals surface area contributed by atoms with Crippen LogP contribution in [0.1, 0.15) is 64.5 Å². The van der Waals surface area contributed by atoms with Crippen molar-refractivity contribution in [3.05, 3.63) is 64.7 Å². The molecule has 0 radical (unpaired) electrons. The molecule has 2 aromatic rings. The zero-order valence-corrected chi connectivity index (χ0v) is 20.8. The fourth-order valence-electron chi connectivity index (χ4n) is 4.09. The highest BCUT2D eigenvalue weighted by atomic mass is 35.5. The predicted octanol–water partition coefficient (Wildman–Crippen LogP) is 5.49. The first-order valence-electron chi connectivity index (χ1n) is 11.7. The van der Waals surface area contributed by atoms with Gasteiger partial charge in [-0.1, -0.05) is 69.5 Å².